The van der Waals surface area contributed by atoms with E-state index in [2.05, 4.69) is 15.5 Å². The number of rotatable bonds is 7. The molecule has 0 saturated heterocycles. The number of halogens is 2. The van der Waals surface area contributed by atoms with Gasteiger partial charge in [-0.05, 0) is 42.5 Å². The van der Waals surface area contributed by atoms with Crippen LogP contribution >= 0.6 is 23.2 Å². The summed E-state index contributed by atoms with van der Waals surface area (Å²) in [7, 11) is 1.56. The van der Waals surface area contributed by atoms with Crippen molar-refractivity contribution in [2.75, 3.05) is 18.9 Å². The zero-order chi connectivity index (χ0) is 20.8. The summed E-state index contributed by atoms with van der Waals surface area (Å²) in [5, 5.41) is 7.75. The Labute approximate surface area is 177 Å². The van der Waals surface area contributed by atoms with Crippen LogP contribution in [-0.2, 0) is 16.0 Å². The Morgan fingerprint density at radius 3 is 2.59 bits per heavy atom. The van der Waals surface area contributed by atoms with Crippen LogP contribution in [0.15, 0.2) is 53.1 Å². The number of anilines is 1. The van der Waals surface area contributed by atoms with Gasteiger partial charge in [0.15, 0.2) is 0 Å². The van der Waals surface area contributed by atoms with Gasteiger partial charge >= 0.3 is 0 Å². The first kappa shape index (κ1) is 20.8. The van der Waals surface area contributed by atoms with E-state index in [0.717, 1.165) is 5.56 Å². The molecule has 0 saturated carbocycles. The molecule has 0 aliphatic heterocycles. The van der Waals surface area contributed by atoms with Crippen molar-refractivity contribution in [3.05, 3.63) is 64.5 Å². The fourth-order valence-electron chi connectivity index (χ4n) is 2.55. The van der Waals surface area contributed by atoms with Crippen molar-refractivity contribution in [2.24, 2.45) is 0 Å². The summed E-state index contributed by atoms with van der Waals surface area (Å²) in [4.78, 5) is 30.0. The van der Waals surface area contributed by atoms with Gasteiger partial charge in [-0.1, -0.05) is 34.4 Å². The molecule has 3 aromatic rings. The minimum absolute atomic E-state index is 0.0782. The lowest BCUT2D eigenvalue weighted by atomic mass is 10.2. The molecule has 9 heteroatoms. The van der Waals surface area contributed by atoms with E-state index in [4.69, 9.17) is 27.7 Å². The SMILES string of the molecule is CN(CC(=O)Nc1cccc(Cl)c1)C(=O)CCc1nc(-c2ccc(Cl)cc2)no1. The molecule has 3 rings (SSSR count). The summed E-state index contributed by atoms with van der Waals surface area (Å²) in [5.41, 5.74) is 1.34. The van der Waals surface area contributed by atoms with Gasteiger partial charge in [-0.15, -0.1) is 0 Å². The van der Waals surface area contributed by atoms with Crippen molar-refractivity contribution in [2.45, 2.75) is 12.8 Å². The third-order valence-corrected chi connectivity index (χ3v) is 4.53. The first-order valence-corrected chi connectivity index (χ1v) is 9.54. The normalized spacial score (nSPS) is 10.6. The number of amides is 2. The van der Waals surface area contributed by atoms with E-state index < -0.39 is 0 Å². The monoisotopic (exact) mass is 432 g/mol. The van der Waals surface area contributed by atoms with Gasteiger partial charge in [0.2, 0.25) is 23.5 Å². The molecule has 2 amide bonds. The van der Waals surface area contributed by atoms with Gasteiger partial charge in [-0.25, -0.2) is 0 Å². The van der Waals surface area contributed by atoms with E-state index in [0.29, 0.717) is 27.4 Å². The number of likely N-dealkylation sites (N-methyl/N-ethyl adjacent to an activating group) is 1. The predicted octanol–water partition coefficient (Wildman–Crippen LogP) is 4.07. The largest absolute Gasteiger partial charge is 0.339 e. The summed E-state index contributed by atoms with van der Waals surface area (Å²) in [6.45, 7) is -0.0782. The Morgan fingerprint density at radius 1 is 1.10 bits per heavy atom. The molecule has 150 valence electrons. The number of hydrogen-bond acceptors (Lipinski definition) is 5. The van der Waals surface area contributed by atoms with E-state index in [-0.39, 0.29) is 31.2 Å². The van der Waals surface area contributed by atoms with E-state index in [1.54, 1.807) is 55.6 Å². The third kappa shape index (κ3) is 6.04. The Balaban J connectivity index is 1.48. The molecule has 1 aromatic heterocycles. The number of nitrogens with zero attached hydrogens (tertiary/aromatic N) is 3. The molecular weight excluding hydrogens is 415 g/mol. The highest BCUT2D eigenvalue weighted by Gasteiger charge is 2.16. The van der Waals surface area contributed by atoms with Crippen molar-refractivity contribution in [1.29, 1.82) is 0 Å². The third-order valence-electron chi connectivity index (χ3n) is 4.04. The Bertz CT molecular complexity index is 1000. The van der Waals surface area contributed by atoms with Crippen LogP contribution < -0.4 is 5.32 Å². The van der Waals surface area contributed by atoms with Crippen molar-refractivity contribution in [3.8, 4) is 11.4 Å². The molecule has 0 radical (unpaired) electrons. The predicted molar refractivity (Wildman–Crippen MR) is 111 cm³/mol. The fourth-order valence-corrected chi connectivity index (χ4v) is 2.86. The maximum Gasteiger partial charge on any atom is 0.243 e. The van der Waals surface area contributed by atoms with Crippen molar-refractivity contribution >= 4 is 40.7 Å². The maximum absolute atomic E-state index is 12.3. The van der Waals surface area contributed by atoms with Gasteiger partial charge in [-0.2, -0.15) is 4.98 Å². The molecule has 0 aliphatic carbocycles. The lowest BCUT2D eigenvalue weighted by Crippen LogP contribution is -2.35. The minimum Gasteiger partial charge on any atom is -0.339 e. The second-order valence-electron chi connectivity index (χ2n) is 6.33. The summed E-state index contributed by atoms with van der Waals surface area (Å²) in [6.07, 6.45) is 0.420. The molecule has 0 unspecified atom stereocenters. The first-order valence-electron chi connectivity index (χ1n) is 8.78. The van der Waals surface area contributed by atoms with Gasteiger partial charge in [0, 0.05) is 41.2 Å². The first-order chi connectivity index (χ1) is 13.9. The number of nitrogens with one attached hydrogen (secondary N) is 1. The molecular formula is C20H18Cl2N4O3. The van der Waals surface area contributed by atoms with Gasteiger partial charge in [-0.3, -0.25) is 9.59 Å². The van der Waals surface area contributed by atoms with E-state index >= 15 is 0 Å². The average molecular weight is 433 g/mol. The molecule has 29 heavy (non-hydrogen) atoms. The van der Waals surface area contributed by atoms with Crippen LogP contribution in [0.4, 0.5) is 5.69 Å². The summed E-state index contributed by atoms with van der Waals surface area (Å²) >= 11 is 11.8. The van der Waals surface area contributed by atoms with E-state index in [9.17, 15) is 9.59 Å². The highest BCUT2D eigenvalue weighted by atomic mass is 35.5. The second kappa shape index (κ2) is 9.54. The quantitative estimate of drug-likeness (QED) is 0.607. The highest BCUT2D eigenvalue weighted by Crippen LogP contribution is 2.19. The molecule has 7 nitrogen and oxygen atoms in total. The summed E-state index contributed by atoms with van der Waals surface area (Å²) in [6, 6.07) is 13.8. The number of benzene rings is 2. The van der Waals surface area contributed by atoms with Gasteiger partial charge in [0.25, 0.3) is 0 Å². The van der Waals surface area contributed by atoms with Crippen molar-refractivity contribution in [3.63, 3.8) is 0 Å². The molecule has 2 aromatic carbocycles. The Morgan fingerprint density at radius 2 is 1.86 bits per heavy atom. The lowest BCUT2D eigenvalue weighted by Gasteiger charge is -2.16. The van der Waals surface area contributed by atoms with Crippen molar-refractivity contribution in [1.82, 2.24) is 15.0 Å². The smallest absolute Gasteiger partial charge is 0.243 e. The molecule has 0 spiro atoms. The maximum atomic E-state index is 12.3. The van der Waals surface area contributed by atoms with Crippen LogP contribution in [0.3, 0.4) is 0 Å². The van der Waals surface area contributed by atoms with Crippen LogP contribution in [0.25, 0.3) is 11.4 Å². The Hall–Kier alpha value is -2.90. The zero-order valence-electron chi connectivity index (χ0n) is 15.6. The summed E-state index contributed by atoms with van der Waals surface area (Å²) in [5.74, 6) is 0.252. The number of carbonyl (C=O) groups excluding carboxylic acids is 2. The molecule has 0 bridgehead atoms. The number of aryl methyl sites for hydroxylation is 1. The second-order valence-corrected chi connectivity index (χ2v) is 7.20. The van der Waals surface area contributed by atoms with Crippen LogP contribution in [0.5, 0.6) is 0 Å². The molecule has 1 heterocycles. The van der Waals surface area contributed by atoms with E-state index in [1.165, 1.54) is 4.90 Å². The summed E-state index contributed by atoms with van der Waals surface area (Å²) < 4.78 is 5.19. The van der Waals surface area contributed by atoms with Crippen LogP contribution in [0.1, 0.15) is 12.3 Å². The average Bonchev–Trinajstić information content (AvgIpc) is 3.15. The standard InChI is InChI=1S/C20H18Cl2N4O3/c1-26(12-17(27)23-16-4-2-3-15(22)11-16)19(28)10-9-18-24-20(25-29-18)13-5-7-14(21)8-6-13/h2-8,11H,9-10,12H2,1H3,(H,23,27). The van der Waals surface area contributed by atoms with E-state index in [1.807, 2.05) is 0 Å². The van der Waals surface area contributed by atoms with Gasteiger partial charge in [0.1, 0.15) is 0 Å². The van der Waals surface area contributed by atoms with Crippen LogP contribution in [-0.4, -0.2) is 40.4 Å². The fraction of sp³-hybridized carbons (Fsp3) is 0.200. The van der Waals surface area contributed by atoms with Crippen molar-refractivity contribution < 1.29 is 14.1 Å². The van der Waals surface area contributed by atoms with Crippen LogP contribution in [0, 0.1) is 0 Å². The molecule has 1 N–H and O–H groups in total. The number of carbonyl (C=O) groups is 2. The highest BCUT2D eigenvalue weighted by molar-refractivity contribution is 6.31. The molecule has 0 fully saturated rings. The number of aromatic nitrogens is 2. The topological polar surface area (TPSA) is 88.3 Å². The zero-order valence-corrected chi connectivity index (χ0v) is 17.1. The van der Waals surface area contributed by atoms with Gasteiger partial charge < -0.3 is 14.7 Å². The minimum atomic E-state index is -0.314. The van der Waals surface area contributed by atoms with Crippen LogP contribution in [0.2, 0.25) is 10.0 Å². The molecule has 0 aliphatic rings. The van der Waals surface area contributed by atoms with Gasteiger partial charge in [0.05, 0.1) is 6.54 Å². The molecule has 0 atom stereocenters. The Kier molecular flexibility index (Phi) is 6.85. The lowest BCUT2D eigenvalue weighted by molar-refractivity contribution is -0.133. The number of hydrogen-bond donors (Lipinski definition) is 1.